The molecule has 1 heterocycles. The molecule has 0 saturated carbocycles. The van der Waals surface area contributed by atoms with E-state index in [9.17, 15) is 5.11 Å². The maximum Gasteiger partial charge on any atom is 0.255 e. The van der Waals surface area contributed by atoms with Gasteiger partial charge in [-0.05, 0) is 43.7 Å². The number of nitrogens with two attached hydrogens (primary N) is 1. The van der Waals surface area contributed by atoms with Crippen LogP contribution >= 0.6 is 15.9 Å². The first-order chi connectivity index (χ1) is 8.61. The Morgan fingerprint density at radius 3 is 2.94 bits per heavy atom. The molecule has 0 fully saturated rings. The van der Waals surface area contributed by atoms with Gasteiger partial charge in [0.1, 0.15) is 6.10 Å². The molecule has 1 aromatic carbocycles. The van der Waals surface area contributed by atoms with Gasteiger partial charge in [-0.1, -0.05) is 21.1 Å². The van der Waals surface area contributed by atoms with Gasteiger partial charge in [-0.25, -0.2) is 0 Å². The molecule has 96 valence electrons. The Bertz CT molecular complexity index is 542. The summed E-state index contributed by atoms with van der Waals surface area (Å²) in [6.45, 7) is 2.34. The van der Waals surface area contributed by atoms with Crippen LogP contribution in [0.4, 0.5) is 0 Å². The van der Waals surface area contributed by atoms with Crippen LogP contribution in [0.3, 0.4) is 0 Å². The first-order valence-electron chi connectivity index (χ1n) is 5.60. The fourth-order valence-corrected chi connectivity index (χ4v) is 2.11. The Hall–Kier alpha value is -1.24. The van der Waals surface area contributed by atoms with E-state index in [2.05, 4.69) is 26.1 Å². The van der Waals surface area contributed by atoms with E-state index in [0.717, 1.165) is 15.6 Å². The van der Waals surface area contributed by atoms with Crippen LogP contribution in [0.5, 0.6) is 0 Å². The average molecular weight is 312 g/mol. The summed E-state index contributed by atoms with van der Waals surface area (Å²) in [5, 5.41) is 13.6. The summed E-state index contributed by atoms with van der Waals surface area (Å²) in [6, 6.07) is 5.79. The van der Waals surface area contributed by atoms with Crippen LogP contribution in [-0.4, -0.2) is 21.8 Å². The second-order valence-corrected chi connectivity index (χ2v) is 4.92. The minimum Gasteiger partial charge on any atom is -0.383 e. The van der Waals surface area contributed by atoms with E-state index in [1.54, 1.807) is 0 Å². The number of rotatable bonds is 4. The van der Waals surface area contributed by atoms with Crippen molar-refractivity contribution < 1.29 is 9.63 Å². The number of aryl methyl sites for hydroxylation is 1. The molecule has 5 nitrogen and oxygen atoms in total. The smallest absolute Gasteiger partial charge is 0.255 e. The van der Waals surface area contributed by atoms with Crippen molar-refractivity contribution in [2.45, 2.75) is 19.4 Å². The lowest BCUT2D eigenvalue weighted by Gasteiger charge is -2.02. The molecule has 0 saturated heterocycles. The Labute approximate surface area is 113 Å². The van der Waals surface area contributed by atoms with E-state index < -0.39 is 6.10 Å². The van der Waals surface area contributed by atoms with Crippen LogP contribution in [-0.2, 0) is 0 Å². The van der Waals surface area contributed by atoms with E-state index in [1.165, 1.54) is 0 Å². The first kappa shape index (κ1) is 13.2. The van der Waals surface area contributed by atoms with Crippen molar-refractivity contribution in [1.29, 1.82) is 0 Å². The third-order valence-corrected chi connectivity index (χ3v) is 3.09. The van der Waals surface area contributed by atoms with Crippen LogP contribution in [0.1, 0.15) is 24.0 Å². The average Bonchev–Trinajstić information content (AvgIpc) is 2.78. The monoisotopic (exact) mass is 311 g/mol. The molecule has 6 heteroatoms. The molecule has 0 amide bonds. The second kappa shape index (κ2) is 5.60. The zero-order chi connectivity index (χ0) is 13.1. The van der Waals surface area contributed by atoms with Gasteiger partial charge in [0.2, 0.25) is 5.82 Å². The van der Waals surface area contributed by atoms with E-state index >= 15 is 0 Å². The van der Waals surface area contributed by atoms with Crippen LogP contribution in [0.2, 0.25) is 0 Å². The zero-order valence-corrected chi connectivity index (χ0v) is 11.5. The largest absolute Gasteiger partial charge is 0.383 e. The van der Waals surface area contributed by atoms with Crippen LogP contribution in [0, 0.1) is 6.92 Å². The first-order valence-corrected chi connectivity index (χ1v) is 6.39. The Balaban J connectivity index is 2.29. The highest BCUT2D eigenvalue weighted by Crippen LogP contribution is 2.25. The van der Waals surface area contributed by atoms with Gasteiger partial charge in [0.25, 0.3) is 5.89 Å². The fourth-order valence-electron chi connectivity index (χ4n) is 1.64. The highest BCUT2D eigenvalue weighted by molar-refractivity contribution is 9.10. The number of aliphatic hydroxyl groups is 1. The van der Waals surface area contributed by atoms with Crippen LogP contribution in [0.15, 0.2) is 27.2 Å². The number of nitrogens with zero attached hydrogens (tertiary/aromatic N) is 2. The van der Waals surface area contributed by atoms with Gasteiger partial charge in [-0.3, -0.25) is 0 Å². The third-order valence-electron chi connectivity index (χ3n) is 2.60. The topological polar surface area (TPSA) is 85.2 Å². The van der Waals surface area contributed by atoms with E-state index in [0.29, 0.717) is 18.8 Å². The molecule has 0 spiro atoms. The highest BCUT2D eigenvalue weighted by Gasteiger charge is 2.17. The summed E-state index contributed by atoms with van der Waals surface area (Å²) in [5.41, 5.74) is 7.29. The molecule has 1 aromatic heterocycles. The Morgan fingerprint density at radius 2 is 2.28 bits per heavy atom. The van der Waals surface area contributed by atoms with Gasteiger partial charge < -0.3 is 15.4 Å². The van der Waals surface area contributed by atoms with Crippen molar-refractivity contribution in [2.24, 2.45) is 5.73 Å². The summed E-state index contributed by atoms with van der Waals surface area (Å²) >= 11 is 3.40. The van der Waals surface area contributed by atoms with Gasteiger partial charge in [-0.2, -0.15) is 4.98 Å². The molecule has 1 atom stereocenters. The molecule has 0 bridgehead atoms. The molecule has 3 N–H and O–H groups in total. The summed E-state index contributed by atoms with van der Waals surface area (Å²) < 4.78 is 6.04. The van der Waals surface area contributed by atoms with Crippen molar-refractivity contribution in [3.63, 3.8) is 0 Å². The maximum atomic E-state index is 9.71. The Morgan fingerprint density at radius 1 is 1.50 bits per heavy atom. The molecule has 0 aliphatic rings. The van der Waals surface area contributed by atoms with E-state index in [-0.39, 0.29) is 5.89 Å². The predicted molar refractivity (Wildman–Crippen MR) is 70.8 cm³/mol. The predicted octanol–water partition coefficient (Wildman–Crippen LogP) is 2.19. The minimum absolute atomic E-state index is 0.206. The SMILES string of the molecule is Cc1cc(Br)ccc1-c1noc(C(O)CCN)n1. The van der Waals surface area contributed by atoms with Gasteiger partial charge in [-0.15, -0.1) is 0 Å². The quantitative estimate of drug-likeness (QED) is 0.904. The van der Waals surface area contributed by atoms with Crippen molar-refractivity contribution in [2.75, 3.05) is 6.54 Å². The van der Waals surface area contributed by atoms with Crippen molar-refractivity contribution in [3.8, 4) is 11.4 Å². The van der Waals surface area contributed by atoms with Crippen molar-refractivity contribution in [1.82, 2.24) is 10.1 Å². The minimum atomic E-state index is -0.799. The number of hydrogen-bond donors (Lipinski definition) is 2. The number of aliphatic hydroxyl groups excluding tert-OH is 1. The molecule has 0 aliphatic heterocycles. The third kappa shape index (κ3) is 2.77. The van der Waals surface area contributed by atoms with E-state index in [1.807, 2.05) is 25.1 Å². The van der Waals surface area contributed by atoms with Gasteiger partial charge in [0.05, 0.1) is 0 Å². The normalized spacial score (nSPS) is 12.7. The lowest BCUT2D eigenvalue weighted by Crippen LogP contribution is -2.06. The fraction of sp³-hybridized carbons (Fsp3) is 0.333. The highest BCUT2D eigenvalue weighted by atomic mass is 79.9. The Kier molecular flexibility index (Phi) is 4.11. The molecular formula is C12H14BrN3O2. The summed E-state index contributed by atoms with van der Waals surface area (Å²) in [4.78, 5) is 4.19. The number of benzene rings is 1. The summed E-state index contributed by atoms with van der Waals surface area (Å²) in [5.74, 6) is 0.684. The molecule has 0 aliphatic carbocycles. The van der Waals surface area contributed by atoms with E-state index in [4.69, 9.17) is 10.3 Å². The van der Waals surface area contributed by atoms with Gasteiger partial charge >= 0.3 is 0 Å². The lowest BCUT2D eigenvalue weighted by atomic mass is 10.1. The van der Waals surface area contributed by atoms with Gasteiger partial charge in [0.15, 0.2) is 0 Å². The number of halogens is 1. The number of hydrogen-bond acceptors (Lipinski definition) is 5. The van der Waals surface area contributed by atoms with Crippen molar-refractivity contribution >= 4 is 15.9 Å². The maximum absolute atomic E-state index is 9.71. The molecule has 2 aromatic rings. The summed E-state index contributed by atoms with van der Waals surface area (Å²) in [6.07, 6.45) is -0.395. The molecular weight excluding hydrogens is 298 g/mol. The molecule has 0 radical (unpaired) electrons. The van der Waals surface area contributed by atoms with Crippen molar-refractivity contribution in [3.05, 3.63) is 34.1 Å². The zero-order valence-electron chi connectivity index (χ0n) is 9.93. The van der Waals surface area contributed by atoms with Gasteiger partial charge in [0, 0.05) is 10.0 Å². The van der Waals surface area contributed by atoms with Crippen LogP contribution < -0.4 is 5.73 Å². The second-order valence-electron chi connectivity index (χ2n) is 4.01. The lowest BCUT2D eigenvalue weighted by molar-refractivity contribution is 0.127. The summed E-state index contributed by atoms with van der Waals surface area (Å²) in [7, 11) is 0. The number of aromatic nitrogens is 2. The molecule has 1 unspecified atom stereocenters. The van der Waals surface area contributed by atoms with Crippen LogP contribution in [0.25, 0.3) is 11.4 Å². The molecule has 2 rings (SSSR count). The standard InChI is InChI=1S/C12H14BrN3O2/c1-7-6-8(13)2-3-9(7)11-15-12(18-16-11)10(17)4-5-14/h2-3,6,10,17H,4-5,14H2,1H3. The molecule has 18 heavy (non-hydrogen) atoms.